The monoisotopic (exact) mass is 204 g/mol. The Morgan fingerprint density at radius 1 is 1.40 bits per heavy atom. The van der Waals surface area contributed by atoms with E-state index in [1.54, 1.807) is 16.9 Å². The van der Waals surface area contributed by atoms with Gasteiger partial charge >= 0.3 is 0 Å². The molecule has 0 atom stereocenters. The van der Waals surface area contributed by atoms with Crippen LogP contribution in [0.3, 0.4) is 0 Å². The lowest BCUT2D eigenvalue weighted by Crippen LogP contribution is -2.00. The summed E-state index contributed by atoms with van der Waals surface area (Å²) >= 11 is 0. The van der Waals surface area contributed by atoms with E-state index in [0.29, 0.717) is 18.1 Å². The molecule has 0 aliphatic heterocycles. The van der Waals surface area contributed by atoms with Crippen molar-refractivity contribution in [1.82, 2.24) is 14.8 Å². The lowest BCUT2D eigenvalue weighted by molar-refractivity contribution is 0.299. The Bertz CT molecular complexity index is 452. The molecule has 5 nitrogen and oxygen atoms in total. The maximum Gasteiger partial charge on any atom is 0.155 e. The molecular weight excluding hydrogens is 192 g/mol. The van der Waals surface area contributed by atoms with E-state index in [1.165, 1.54) is 0 Å². The van der Waals surface area contributed by atoms with Gasteiger partial charge in [0.2, 0.25) is 0 Å². The van der Waals surface area contributed by atoms with Crippen LogP contribution in [0.5, 0.6) is 0 Å². The molecule has 2 aromatic rings. The smallest absolute Gasteiger partial charge is 0.155 e. The molecule has 0 saturated carbocycles. The Morgan fingerprint density at radius 2 is 2.27 bits per heavy atom. The number of nitrogens with two attached hydrogens (primary N) is 1. The lowest BCUT2D eigenvalue weighted by Gasteiger charge is -2.00. The van der Waals surface area contributed by atoms with Crippen LogP contribution in [-0.2, 0) is 6.42 Å². The Balaban J connectivity index is 2.29. The highest BCUT2D eigenvalue weighted by molar-refractivity contribution is 5.35. The molecule has 0 aliphatic carbocycles. The second kappa shape index (κ2) is 4.10. The summed E-state index contributed by atoms with van der Waals surface area (Å²) in [7, 11) is 0. The molecular formula is C10H12N4O. The van der Waals surface area contributed by atoms with Crippen molar-refractivity contribution in [1.29, 1.82) is 0 Å². The van der Waals surface area contributed by atoms with Gasteiger partial charge < -0.3 is 10.8 Å². The first-order valence-electron chi connectivity index (χ1n) is 4.67. The first kappa shape index (κ1) is 9.67. The van der Waals surface area contributed by atoms with E-state index in [-0.39, 0.29) is 6.61 Å². The lowest BCUT2D eigenvalue weighted by atomic mass is 10.3. The molecule has 3 N–H and O–H groups in total. The number of aliphatic hydroxyl groups is 1. The fourth-order valence-electron chi connectivity index (χ4n) is 1.31. The number of aliphatic hydroxyl groups excluding tert-OH is 1. The van der Waals surface area contributed by atoms with Gasteiger partial charge in [-0.15, -0.1) is 0 Å². The van der Waals surface area contributed by atoms with E-state index in [0.717, 1.165) is 5.56 Å². The Labute approximate surface area is 87.2 Å². The van der Waals surface area contributed by atoms with E-state index < -0.39 is 0 Å². The Kier molecular flexibility index (Phi) is 2.64. The normalized spacial score (nSPS) is 10.5. The van der Waals surface area contributed by atoms with Crippen LogP contribution in [0.2, 0.25) is 0 Å². The minimum absolute atomic E-state index is 0.121. The second-order valence-corrected chi connectivity index (χ2v) is 3.19. The van der Waals surface area contributed by atoms with Crippen LogP contribution in [0.1, 0.15) is 5.56 Å². The van der Waals surface area contributed by atoms with Crippen LogP contribution < -0.4 is 5.73 Å². The molecule has 0 aromatic carbocycles. The van der Waals surface area contributed by atoms with Gasteiger partial charge in [-0.3, -0.25) is 0 Å². The third kappa shape index (κ3) is 2.13. The van der Waals surface area contributed by atoms with Crippen molar-refractivity contribution in [3.05, 3.63) is 36.2 Å². The first-order chi connectivity index (χ1) is 7.29. The van der Waals surface area contributed by atoms with Crippen molar-refractivity contribution in [3.8, 4) is 5.82 Å². The second-order valence-electron chi connectivity index (χ2n) is 3.19. The largest absolute Gasteiger partial charge is 0.396 e. The summed E-state index contributed by atoms with van der Waals surface area (Å²) in [5.41, 5.74) is 6.54. The van der Waals surface area contributed by atoms with Gasteiger partial charge in [0.15, 0.2) is 5.82 Å². The third-order valence-corrected chi connectivity index (χ3v) is 2.03. The molecule has 0 bridgehead atoms. The fraction of sp³-hybridized carbons (Fsp3) is 0.200. The van der Waals surface area contributed by atoms with Crippen LogP contribution in [0.15, 0.2) is 30.6 Å². The van der Waals surface area contributed by atoms with E-state index in [9.17, 15) is 0 Å². The van der Waals surface area contributed by atoms with Crippen molar-refractivity contribution in [2.75, 3.05) is 12.3 Å². The molecule has 0 amide bonds. The summed E-state index contributed by atoms with van der Waals surface area (Å²) in [6.45, 7) is 0.121. The topological polar surface area (TPSA) is 77.0 Å². The molecule has 2 rings (SSSR count). The van der Waals surface area contributed by atoms with Gasteiger partial charge in [-0.25, -0.2) is 9.67 Å². The maximum absolute atomic E-state index is 8.77. The number of rotatable bonds is 3. The number of nitrogen functional groups attached to an aromatic ring is 1. The fourth-order valence-corrected chi connectivity index (χ4v) is 1.31. The van der Waals surface area contributed by atoms with E-state index in [2.05, 4.69) is 10.1 Å². The molecule has 0 unspecified atom stereocenters. The van der Waals surface area contributed by atoms with Gasteiger partial charge in [-0.05, 0) is 24.1 Å². The van der Waals surface area contributed by atoms with Gasteiger partial charge in [-0.1, -0.05) is 6.07 Å². The molecule has 2 heterocycles. The predicted octanol–water partition coefficient (Wildman–Crippen LogP) is 0.384. The average Bonchev–Trinajstić information content (AvgIpc) is 2.67. The number of anilines is 1. The minimum atomic E-state index is 0.121. The van der Waals surface area contributed by atoms with E-state index in [1.807, 2.05) is 18.3 Å². The summed E-state index contributed by atoms with van der Waals surface area (Å²) in [6, 6.07) is 5.37. The predicted molar refractivity (Wildman–Crippen MR) is 56.6 cm³/mol. The average molecular weight is 204 g/mol. The van der Waals surface area contributed by atoms with Gasteiger partial charge in [0.25, 0.3) is 0 Å². The third-order valence-electron chi connectivity index (χ3n) is 2.03. The van der Waals surface area contributed by atoms with E-state index >= 15 is 0 Å². The van der Waals surface area contributed by atoms with Crippen molar-refractivity contribution >= 4 is 5.82 Å². The highest BCUT2D eigenvalue weighted by Crippen LogP contribution is 2.07. The zero-order chi connectivity index (χ0) is 10.7. The van der Waals surface area contributed by atoms with Gasteiger partial charge in [-0.2, -0.15) is 5.10 Å². The number of hydrogen-bond donors (Lipinski definition) is 2. The Morgan fingerprint density at radius 3 is 3.00 bits per heavy atom. The molecule has 0 saturated heterocycles. The molecule has 78 valence electrons. The van der Waals surface area contributed by atoms with Crippen LogP contribution in [0, 0.1) is 0 Å². The number of pyridine rings is 1. The Hall–Kier alpha value is -1.88. The number of nitrogens with zero attached hydrogens (tertiary/aromatic N) is 3. The first-order valence-corrected chi connectivity index (χ1v) is 4.67. The van der Waals surface area contributed by atoms with Crippen molar-refractivity contribution in [2.24, 2.45) is 0 Å². The van der Waals surface area contributed by atoms with Gasteiger partial charge in [0.05, 0.1) is 6.20 Å². The van der Waals surface area contributed by atoms with Crippen molar-refractivity contribution in [2.45, 2.75) is 6.42 Å². The van der Waals surface area contributed by atoms with Gasteiger partial charge in [0, 0.05) is 12.8 Å². The zero-order valence-electron chi connectivity index (χ0n) is 8.17. The number of aromatic nitrogens is 3. The van der Waals surface area contributed by atoms with Crippen molar-refractivity contribution in [3.63, 3.8) is 0 Å². The maximum atomic E-state index is 8.77. The van der Waals surface area contributed by atoms with Crippen LogP contribution in [-0.4, -0.2) is 26.5 Å². The van der Waals surface area contributed by atoms with E-state index in [4.69, 9.17) is 10.8 Å². The van der Waals surface area contributed by atoms with Crippen LogP contribution >= 0.6 is 0 Å². The molecule has 0 radical (unpaired) electrons. The highest BCUT2D eigenvalue weighted by atomic mass is 16.2. The van der Waals surface area contributed by atoms with Crippen LogP contribution in [0.25, 0.3) is 5.82 Å². The van der Waals surface area contributed by atoms with Crippen molar-refractivity contribution < 1.29 is 5.11 Å². The molecule has 5 heteroatoms. The zero-order valence-corrected chi connectivity index (χ0v) is 8.17. The molecule has 0 spiro atoms. The quantitative estimate of drug-likeness (QED) is 0.758. The molecule has 2 aromatic heterocycles. The summed E-state index contributed by atoms with van der Waals surface area (Å²) in [6.07, 6.45) is 4.14. The molecule has 15 heavy (non-hydrogen) atoms. The van der Waals surface area contributed by atoms with Gasteiger partial charge in [0.1, 0.15) is 5.82 Å². The van der Waals surface area contributed by atoms with Crippen LogP contribution in [0.4, 0.5) is 5.82 Å². The highest BCUT2D eigenvalue weighted by Gasteiger charge is 2.01. The molecule has 0 aliphatic rings. The summed E-state index contributed by atoms with van der Waals surface area (Å²) in [4.78, 5) is 4.13. The standard InChI is InChI=1S/C10H12N4O/c11-9-2-1-3-10(13-9)14-7-8(4-5-15)6-12-14/h1-3,6-7,15H,4-5H2,(H2,11,13). The molecule has 0 fully saturated rings. The minimum Gasteiger partial charge on any atom is -0.396 e. The SMILES string of the molecule is Nc1cccc(-n2cc(CCO)cn2)n1. The summed E-state index contributed by atoms with van der Waals surface area (Å²) in [5, 5.41) is 12.9. The summed E-state index contributed by atoms with van der Waals surface area (Å²) in [5.74, 6) is 1.14. The number of hydrogen-bond acceptors (Lipinski definition) is 4. The summed E-state index contributed by atoms with van der Waals surface area (Å²) < 4.78 is 1.64.